The van der Waals surface area contributed by atoms with Crippen LogP contribution in [0.25, 0.3) is 0 Å². The van der Waals surface area contributed by atoms with E-state index in [0.29, 0.717) is 37.6 Å². The molecule has 0 aliphatic carbocycles. The lowest BCUT2D eigenvalue weighted by Crippen LogP contribution is -2.47. The highest BCUT2D eigenvalue weighted by molar-refractivity contribution is 5.97. The molecule has 0 atom stereocenters. The van der Waals surface area contributed by atoms with E-state index in [1.165, 1.54) is 12.1 Å². The van der Waals surface area contributed by atoms with Crippen LogP contribution in [0, 0.1) is 19.7 Å². The van der Waals surface area contributed by atoms with Crippen LogP contribution in [0.1, 0.15) is 33.0 Å². The monoisotopic (exact) mass is 507 g/mol. The fourth-order valence-corrected chi connectivity index (χ4v) is 4.39. The van der Waals surface area contributed by atoms with Crippen molar-refractivity contribution in [3.05, 3.63) is 94.7 Å². The minimum Gasteiger partial charge on any atom is -0.464 e. The van der Waals surface area contributed by atoms with E-state index in [1.807, 2.05) is 44.2 Å². The third-order valence-corrected chi connectivity index (χ3v) is 6.56. The van der Waals surface area contributed by atoms with Crippen molar-refractivity contribution < 1.29 is 23.1 Å². The first-order chi connectivity index (χ1) is 17.9. The summed E-state index contributed by atoms with van der Waals surface area (Å²) in [6.07, 6.45) is 0. The molecule has 0 saturated carbocycles. The molecular weight excluding hydrogens is 473 g/mol. The molecule has 4 rings (SSSR count). The maximum Gasteiger partial charge on any atom is 0.254 e. The predicted octanol–water partition coefficient (Wildman–Crippen LogP) is 4.04. The first-order valence-electron chi connectivity index (χ1n) is 12.6. The molecule has 0 N–H and O–H groups in total. The van der Waals surface area contributed by atoms with Crippen LogP contribution in [0.5, 0.6) is 0 Å². The van der Waals surface area contributed by atoms with Gasteiger partial charge in [-0.1, -0.05) is 30.3 Å². The smallest absolute Gasteiger partial charge is 0.254 e. The predicted molar refractivity (Wildman–Crippen MR) is 138 cm³/mol. The molecule has 3 aromatic rings. The van der Waals surface area contributed by atoms with Gasteiger partial charge in [-0.3, -0.25) is 14.5 Å². The van der Waals surface area contributed by atoms with Gasteiger partial charge >= 0.3 is 0 Å². The number of halogens is 1. The van der Waals surface area contributed by atoms with Crippen molar-refractivity contribution in [1.29, 1.82) is 0 Å². The number of carbonyl (C=O) groups is 2. The number of furan rings is 1. The molecule has 1 aromatic heterocycles. The summed E-state index contributed by atoms with van der Waals surface area (Å²) >= 11 is 0. The van der Waals surface area contributed by atoms with Crippen molar-refractivity contribution in [3.8, 4) is 0 Å². The Labute approximate surface area is 217 Å². The number of aryl methyl sites for hydroxylation is 2. The lowest BCUT2D eigenvalue weighted by Gasteiger charge is -2.31. The van der Waals surface area contributed by atoms with Crippen LogP contribution >= 0.6 is 0 Å². The number of benzene rings is 2. The van der Waals surface area contributed by atoms with Crippen molar-refractivity contribution in [2.24, 2.45) is 0 Å². The van der Waals surface area contributed by atoms with Gasteiger partial charge in [-0.05, 0) is 55.3 Å². The van der Waals surface area contributed by atoms with Gasteiger partial charge in [-0.25, -0.2) is 4.39 Å². The third kappa shape index (κ3) is 7.50. The number of morpholine rings is 1. The summed E-state index contributed by atoms with van der Waals surface area (Å²) in [5, 5.41) is 0. The maximum atomic E-state index is 13.7. The fourth-order valence-electron chi connectivity index (χ4n) is 4.39. The highest BCUT2D eigenvalue weighted by atomic mass is 19.1. The first kappa shape index (κ1) is 26.6. The van der Waals surface area contributed by atoms with Crippen LogP contribution in [-0.4, -0.2) is 72.5 Å². The number of hydrogen-bond donors (Lipinski definition) is 0. The van der Waals surface area contributed by atoms with Crippen LogP contribution in [0.2, 0.25) is 0 Å². The van der Waals surface area contributed by atoms with E-state index < -0.39 is 0 Å². The summed E-state index contributed by atoms with van der Waals surface area (Å²) in [5.74, 6) is 0.697. The largest absolute Gasteiger partial charge is 0.464 e. The Kier molecular flexibility index (Phi) is 9.09. The standard InChI is InChI=1S/C29H34FN3O4/c1-22-5-3-4-6-27(22)29(35)32(14-13-31-15-17-36-18-16-31)21-28(34)33(20-26-12-7-23(2)37-26)19-24-8-10-25(30)11-9-24/h3-12H,13-21H2,1-2H3. The fraction of sp³-hybridized carbons (Fsp3) is 0.379. The van der Waals surface area contributed by atoms with Crippen LogP contribution in [0.3, 0.4) is 0 Å². The van der Waals surface area contributed by atoms with Gasteiger partial charge in [0.1, 0.15) is 23.9 Å². The van der Waals surface area contributed by atoms with E-state index in [-0.39, 0.29) is 37.3 Å². The molecule has 2 aromatic carbocycles. The van der Waals surface area contributed by atoms with Crippen LogP contribution < -0.4 is 0 Å². The van der Waals surface area contributed by atoms with Gasteiger partial charge < -0.3 is 19.0 Å². The molecule has 0 bridgehead atoms. The summed E-state index contributed by atoms with van der Waals surface area (Å²) in [7, 11) is 0. The van der Waals surface area contributed by atoms with Gasteiger partial charge in [0, 0.05) is 38.3 Å². The maximum absolute atomic E-state index is 13.7. The van der Waals surface area contributed by atoms with Gasteiger partial charge in [0.25, 0.3) is 5.91 Å². The average Bonchev–Trinajstić information content (AvgIpc) is 3.32. The van der Waals surface area contributed by atoms with E-state index in [2.05, 4.69) is 4.90 Å². The number of rotatable bonds is 10. The molecule has 8 heteroatoms. The van der Waals surface area contributed by atoms with Crippen LogP contribution in [0.15, 0.2) is 65.1 Å². The van der Waals surface area contributed by atoms with Gasteiger partial charge in [0.05, 0.1) is 19.8 Å². The van der Waals surface area contributed by atoms with Gasteiger partial charge in [0.15, 0.2) is 0 Å². The Morgan fingerprint density at radius 1 is 0.919 bits per heavy atom. The second-order valence-corrected chi connectivity index (χ2v) is 9.38. The Hall–Kier alpha value is -3.49. The molecule has 1 aliphatic heterocycles. The lowest BCUT2D eigenvalue weighted by atomic mass is 10.1. The molecule has 1 fully saturated rings. The minimum atomic E-state index is -0.332. The molecule has 7 nitrogen and oxygen atoms in total. The van der Waals surface area contributed by atoms with E-state index >= 15 is 0 Å². The van der Waals surface area contributed by atoms with E-state index in [1.54, 1.807) is 28.0 Å². The van der Waals surface area contributed by atoms with E-state index in [9.17, 15) is 14.0 Å². The SMILES string of the molecule is Cc1ccc(CN(Cc2ccc(F)cc2)C(=O)CN(CCN2CCOCC2)C(=O)c2ccccc2C)o1. The Bertz CT molecular complexity index is 1190. The lowest BCUT2D eigenvalue weighted by molar-refractivity contribution is -0.133. The number of carbonyl (C=O) groups excluding carboxylic acids is 2. The summed E-state index contributed by atoms with van der Waals surface area (Å²) in [4.78, 5) is 32.8. The molecule has 0 radical (unpaired) electrons. The molecule has 37 heavy (non-hydrogen) atoms. The van der Waals surface area contributed by atoms with E-state index in [4.69, 9.17) is 9.15 Å². The number of amides is 2. The second kappa shape index (κ2) is 12.7. The average molecular weight is 508 g/mol. The quantitative estimate of drug-likeness (QED) is 0.415. The van der Waals surface area contributed by atoms with Crippen molar-refractivity contribution in [3.63, 3.8) is 0 Å². The van der Waals surface area contributed by atoms with Gasteiger partial charge in [0.2, 0.25) is 5.91 Å². The first-order valence-corrected chi connectivity index (χ1v) is 12.6. The van der Waals surface area contributed by atoms with Crippen molar-refractivity contribution >= 4 is 11.8 Å². The number of nitrogens with zero attached hydrogens (tertiary/aromatic N) is 3. The summed E-state index contributed by atoms with van der Waals surface area (Å²) in [6.45, 7) is 8.21. The van der Waals surface area contributed by atoms with Crippen LogP contribution in [0.4, 0.5) is 4.39 Å². The Morgan fingerprint density at radius 3 is 2.32 bits per heavy atom. The molecule has 1 saturated heterocycles. The molecular formula is C29H34FN3O4. The molecule has 0 spiro atoms. The molecule has 0 unspecified atom stereocenters. The Morgan fingerprint density at radius 2 is 1.65 bits per heavy atom. The number of hydrogen-bond acceptors (Lipinski definition) is 5. The zero-order chi connectivity index (χ0) is 26.2. The zero-order valence-electron chi connectivity index (χ0n) is 21.5. The van der Waals surface area contributed by atoms with Gasteiger partial charge in [-0.2, -0.15) is 0 Å². The third-order valence-electron chi connectivity index (χ3n) is 6.56. The molecule has 1 aliphatic rings. The highest BCUT2D eigenvalue weighted by Crippen LogP contribution is 2.16. The van der Waals surface area contributed by atoms with Gasteiger partial charge in [-0.15, -0.1) is 0 Å². The van der Waals surface area contributed by atoms with E-state index in [0.717, 1.165) is 30.0 Å². The van der Waals surface area contributed by atoms with Crippen molar-refractivity contribution in [1.82, 2.24) is 14.7 Å². The second-order valence-electron chi connectivity index (χ2n) is 9.38. The summed E-state index contributed by atoms with van der Waals surface area (Å²) in [6, 6.07) is 17.2. The number of ether oxygens (including phenoxy) is 1. The minimum absolute atomic E-state index is 0.0710. The molecule has 2 heterocycles. The molecule has 196 valence electrons. The summed E-state index contributed by atoms with van der Waals surface area (Å²) in [5.41, 5.74) is 2.25. The van der Waals surface area contributed by atoms with Crippen molar-refractivity contribution in [2.45, 2.75) is 26.9 Å². The topological polar surface area (TPSA) is 66.2 Å². The normalized spacial score (nSPS) is 13.9. The zero-order valence-corrected chi connectivity index (χ0v) is 21.5. The van der Waals surface area contributed by atoms with Crippen LogP contribution in [-0.2, 0) is 22.6 Å². The van der Waals surface area contributed by atoms with Crippen molar-refractivity contribution in [2.75, 3.05) is 45.9 Å². The summed E-state index contributed by atoms with van der Waals surface area (Å²) < 4.78 is 24.6. The molecule has 2 amide bonds. The Balaban J connectivity index is 1.54. The highest BCUT2D eigenvalue weighted by Gasteiger charge is 2.25.